The number of benzene rings is 2. The highest BCUT2D eigenvalue weighted by molar-refractivity contribution is 7.80. The Balaban J connectivity index is 2.12. The van der Waals surface area contributed by atoms with Crippen LogP contribution in [-0.2, 0) is 6.61 Å². The maximum absolute atomic E-state index is 13.8. The second-order valence-electron chi connectivity index (χ2n) is 4.22. The van der Waals surface area contributed by atoms with Crippen molar-refractivity contribution in [2.24, 2.45) is 5.73 Å². The van der Waals surface area contributed by atoms with Crippen LogP contribution in [0, 0.1) is 12.7 Å². The Labute approximate surface area is 117 Å². The summed E-state index contributed by atoms with van der Waals surface area (Å²) < 4.78 is 19.4. The van der Waals surface area contributed by atoms with Crippen LogP contribution in [0.1, 0.15) is 16.7 Å². The molecule has 0 spiro atoms. The number of thiocarbonyl (C=S) groups is 1. The number of aryl methyl sites for hydroxylation is 1. The smallest absolute Gasteiger partial charge is 0.130 e. The number of hydrogen-bond donors (Lipinski definition) is 1. The third kappa shape index (κ3) is 3.29. The Morgan fingerprint density at radius 2 is 2.00 bits per heavy atom. The highest BCUT2D eigenvalue weighted by Gasteiger charge is 2.06. The maximum Gasteiger partial charge on any atom is 0.130 e. The van der Waals surface area contributed by atoms with Crippen molar-refractivity contribution in [2.45, 2.75) is 13.5 Å². The van der Waals surface area contributed by atoms with E-state index in [9.17, 15) is 4.39 Å². The average Bonchev–Trinajstić information content (AvgIpc) is 2.39. The van der Waals surface area contributed by atoms with Crippen LogP contribution in [0.5, 0.6) is 5.75 Å². The number of rotatable bonds is 4. The molecule has 0 aliphatic heterocycles. The second kappa shape index (κ2) is 5.80. The van der Waals surface area contributed by atoms with E-state index in [1.165, 1.54) is 6.07 Å². The predicted octanol–water partition coefficient (Wildman–Crippen LogP) is 3.35. The van der Waals surface area contributed by atoms with E-state index in [0.717, 1.165) is 11.3 Å². The molecule has 0 bridgehead atoms. The number of ether oxygens (including phenoxy) is 1. The van der Waals surface area contributed by atoms with Gasteiger partial charge in [0.05, 0.1) is 0 Å². The molecule has 0 aliphatic rings. The molecule has 2 nitrogen and oxygen atoms in total. The first-order valence-electron chi connectivity index (χ1n) is 5.84. The Morgan fingerprint density at radius 3 is 2.63 bits per heavy atom. The van der Waals surface area contributed by atoms with Crippen molar-refractivity contribution in [2.75, 3.05) is 0 Å². The molecule has 2 rings (SSSR count). The molecule has 0 aromatic heterocycles. The summed E-state index contributed by atoms with van der Waals surface area (Å²) in [5.41, 5.74) is 7.46. The summed E-state index contributed by atoms with van der Waals surface area (Å²) in [6, 6.07) is 12.3. The van der Waals surface area contributed by atoms with Gasteiger partial charge < -0.3 is 10.5 Å². The van der Waals surface area contributed by atoms with Gasteiger partial charge in [-0.3, -0.25) is 0 Å². The van der Waals surface area contributed by atoms with E-state index in [1.54, 1.807) is 12.1 Å². The van der Waals surface area contributed by atoms with E-state index in [2.05, 4.69) is 0 Å². The van der Waals surface area contributed by atoms with Crippen LogP contribution in [0.15, 0.2) is 42.5 Å². The van der Waals surface area contributed by atoms with E-state index >= 15 is 0 Å². The van der Waals surface area contributed by atoms with E-state index < -0.39 is 0 Å². The van der Waals surface area contributed by atoms with Gasteiger partial charge in [-0.05, 0) is 24.6 Å². The predicted molar refractivity (Wildman–Crippen MR) is 77.8 cm³/mol. The van der Waals surface area contributed by atoms with E-state index in [4.69, 9.17) is 22.7 Å². The van der Waals surface area contributed by atoms with Gasteiger partial charge in [0.2, 0.25) is 0 Å². The first-order valence-corrected chi connectivity index (χ1v) is 6.25. The van der Waals surface area contributed by atoms with Crippen LogP contribution in [0.4, 0.5) is 4.39 Å². The number of hydrogen-bond acceptors (Lipinski definition) is 2. The first kappa shape index (κ1) is 13.5. The minimum absolute atomic E-state index is 0.175. The topological polar surface area (TPSA) is 35.2 Å². The molecule has 4 heteroatoms. The third-order valence-corrected chi connectivity index (χ3v) is 3.05. The zero-order valence-electron chi connectivity index (χ0n) is 10.5. The maximum atomic E-state index is 13.8. The average molecular weight is 275 g/mol. The van der Waals surface area contributed by atoms with Crippen molar-refractivity contribution in [3.63, 3.8) is 0 Å². The number of halogens is 1. The van der Waals surface area contributed by atoms with Gasteiger partial charge in [-0.1, -0.05) is 42.5 Å². The number of nitrogens with two attached hydrogens (primary N) is 1. The molecule has 0 saturated heterocycles. The molecule has 0 amide bonds. The lowest BCUT2D eigenvalue weighted by molar-refractivity contribution is 0.298. The summed E-state index contributed by atoms with van der Waals surface area (Å²) in [6.45, 7) is 2.12. The van der Waals surface area contributed by atoms with Gasteiger partial charge in [0.25, 0.3) is 0 Å². The van der Waals surface area contributed by atoms with Gasteiger partial charge in [0.15, 0.2) is 0 Å². The fourth-order valence-electron chi connectivity index (χ4n) is 1.69. The summed E-state index contributed by atoms with van der Waals surface area (Å²) in [6.07, 6.45) is 0. The molecule has 0 heterocycles. The van der Waals surface area contributed by atoms with Gasteiger partial charge in [0.1, 0.15) is 23.2 Å². The normalized spacial score (nSPS) is 10.2. The molecule has 0 saturated carbocycles. The zero-order valence-corrected chi connectivity index (χ0v) is 11.3. The van der Waals surface area contributed by atoms with Crippen LogP contribution >= 0.6 is 12.2 Å². The van der Waals surface area contributed by atoms with Gasteiger partial charge >= 0.3 is 0 Å². The van der Waals surface area contributed by atoms with E-state index in [0.29, 0.717) is 11.1 Å². The molecule has 0 atom stereocenters. The van der Waals surface area contributed by atoms with Crippen LogP contribution in [-0.4, -0.2) is 4.99 Å². The first-order chi connectivity index (χ1) is 9.08. The summed E-state index contributed by atoms with van der Waals surface area (Å²) in [5, 5.41) is 0. The highest BCUT2D eigenvalue weighted by Crippen LogP contribution is 2.19. The Morgan fingerprint density at radius 1 is 1.26 bits per heavy atom. The molecule has 0 aliphatic carbocycles. The Hall–Kier alpha value is -1.94. The molecular weight excluding hydrogens is 261 g/mol. The molecule has 2 aromatic rings. The van der Waals surface area contributed by atoms with E-state index in [-0.39, 0.29) is 17.4 Å². The Bertz CT molecular complexity index is 613. The van der Waals surface area contributed by atoms with Crippen LogP contribution in [0.3, 0.4) is 0 Å². The lowest BCUT2D eigenvalue weighted by Crippen LogP contribution is -2.10. The molecule has 0 radical (unpaired) electrons. The number of para-hydroxylation sites is 1. The third-order valence-electron chi connectivity index (χ3n) is 2.81. The monoisotopic (exact) mass is 275 g/mol. The standard InChI is InChI=1S/C15H14FNOS/c1-10-4-2-3-5-14(10)18-9-12-7-6-11(15(17)19)8-13(12)16/h2-8H,9H2,1H3,(H2,17,19). The highest BCUT2D eigenvalue weighted by atomic mass is 32.1. The molecule has 2 N–H and O–H groups in total. The fraction of sp³-hybridized carbons (Fsp3) is 0.133. The van der Waals surface area contributed by atoms with E-state index in [1.807, 2.05) is 31.2 Å². The minimum atomic E-state index is -0.362. The SMILES string of the molecule is Cc1ccccc1OCc1ccc(C(N)=S)cc1F. The second-order valence-corrected chi connectivity index (χ2v) is 4.66. The van der Waals surface area contributed by atoms with Crippen LogP contribution in [0.25, 0.3) is 0 Å². The van der Waals surface area contributed by atoms with Crippen molar-refractivity contribution in [3.8, 4) is 5.75 Å². The van der Waals surface area contributed by atoms with Crippen LogP contribution < -0.4 is 10.5 Å². The molecule has 98 valence electrons. The molecular formula is C15H14FNOS. The molecule has 0 fully saturated rings. The lowest BCUT2D eigenvalue weighted by Gasteiger charge is -2.10. The lowest BCUT2D eigenvalue weighted by atomic mass is 10.1. The van der Waals surface area contributed by atoms with Gasteiger partial charge in [-0.2, -0.15) is 0 Å². The summed E-state index contributed by atoms with van der Waals surface area (Å²) in [5.74, 6) is 0.388. The van der Waals surface area contributed by atoms with Crippen molar-refractivity contribution < 1.29 is 9.13 Å². The van der Waals surface area contributed by atoms with Crippen molar-refractivity contribution in [1.29, 1.82) is 0 Å². The van der Waals surface area contributed by atoms with Crippen LogP contribution in [0.2, 0.25) is 0 Å². The summed E-state index contributed by atoms with van der Waals surface area (Å²) >= 11 is 4.80. The van der Waals surface area contributed by atoms with Gasteiger partial charge in [-0.25, -0.2) is 4.39 Å². The summed E-state index contributed by atoms with van der Waals surface area (Å²) in [4.78, 5) is 0.185. The molecule has 2 aromatic carbocycles. The van der Waals surface area contributed by atoms with Gasteiger partial charge in [-0.15, -0.1) is 0 Å². The van der Waals surface area contributed by atoms with Gasteiger partial charge in [0, 0.05) is 11.1 Å². The van der Waals surface area contributed by atoms with Crippen molar-refractivity contribution in [3.05, 3.63) is 65.0 Å². The zero-order chi connectivity index (χ0) is 13.8. The van der Waals surface area contributed by atoms with Crippen molar-refractivity contribution >= 4 is 17.2 Å². The quantitative estimate of drug-likeness (QED) is 0.869. The molecule has 19 heavy (non-hydrogen) atoms. The largest absolute Gasteiger partial charge is 0.489 e. The minimum Gasteiger partial charge on any atom is -0.489 e. The van der Waals surface area contributed by atoms with Crippen molar-refractivity contribution in [1.82, 2.24) is 0 Å². The fourth-order valence-corrected chi connectivity index (χ4v) is 1.82. The Kier molecular flexibility index (Phi) is 4.12. The summed E-state index contributed by atoms with van der Waals surface area (Å²) in [7, 11) is 0. The molecule has 0 unspecified atom stereocenters.